The summed E-state index contributed by atoms with van der Waals surface area (Å²) in [6.45, 7) is -0.180. The molecule has 1 heterocycles. The number of aromatic nitrogens is 2. The first-order valence-electron chi connectivity index (χ1n) is 21.8. The number of aromatic hydroxyl groups is 3. The van der Waals surface area contributed by atoms with Gasteiger partial charge in [-0.25, -0.2) is 0 Å². The van der Waals surface area contributed by atoms with E-state index in [1.807, 2.05) is 0 Å². The molecule has 8 rings (SSSR count). The minimum absolute atomic E-state index is 0.134. The van der Waals surface area contributed by atoms with Gasteiger partial charge in [-0.05, 0) is 78.9 Å². The highest BCUT2D eigenvalue weighted by Crippen LogP contribution is 2.49. The second-order valence-corrected chi connectivity index (χ2v) is 24.9. The van der Waals surface area contributed by atoms with E-state index in [-0.39, 0.29) is 12.2 Å². The number of nitro benzene ring substituents is 1. The Balaban J connectivity index is 1.21. The highest BCUT2D eigenvalue weighted by Gasteiger charge is 2.30. The van der Waals surface area contributed by atoms with Crippen LogP contribution in [-0.4, -0.2) is 114 Å². The lowest BCUT2D eigenvalue weighted by atomic mass is 10.1. The van der Waals surface area contributed by atoms with Gasteiger partial charge in [0.25, 0.3) is 78.7 Å². The Kier molecular flexibility index (Phi) is 15.9. The molecule has 1 aromatic heterocycles. The number of carbonyl (C=O) groups excluding carboxylic acids is 1. The van der Waals surface area contributed by atoms with Crippen LogP contribution in [0.3, 0.4) is 0 Å². The van der Waals surface area contributed by atoms with Crippen molar-refractivity contribution in [3.63, 3.8) is 0 Å². The summed E-state index contributed by atoms with van der Waals surface area (Å²) in [5.74, 6) is -4.17. The third-order valence-electron chi connectivity index (χ3n) is 11.3. The second kappa shape index (κ2) is 22.1. The highest BCUT2D eigenvalue weighted by molar-refractivity contribution is 7.87. The van der Waals surface area contributed by atoms with E-state index in [1.54, 1.807) is 0 Å². The number of nitro groups is 1. The predicted octanol–water partition coefficient (Wildman–Crippen LogP) is 7.46. The number of hydrogen-bond acceptors (Lipinski definition) is 29. The van der Waals surface area contributed by atoms with Gasteiger partial charge >= 0.3 is 0 Å². The fraction of sp³-hybridized carbons (Fsp3) is 0. The minimum atomic E-state index is -5.70. The Labute approximate surface area is 472 Å². The van der Waals surface area contributed by atoms with Crippen LogP contribution >= 0.6 is 0 Å². The molecular weight excluding hydrogens is 1260 g/mol. The molecule has 7 aromatic carbocycles. The molecule has 0 aliphatic heterocycles. The number of phenols is 2. The molecule has 43 heteroatoms. The number of anilines is 1. The first-order valence-corrected chi connectivity index (χ1v) is 30.4. The number of nitrogens with two attached hydrogens (primary N) is 1. The normalized spacial score (nSPS) is 13.1. The van der Waals surface area contributed by atoms with Gasteiger partial charge in [0, 0.05) is 28.3 Å². The Hall–Kier alpha value is -9.80. The Morgan fingerprint density at radius 2 is 1.06 bits per heavy atom. The van der Waals surface area contributed by atoms with E-state index in [2.05, 4.69) is 46.0 Å². The van der Waals surface area contributed by atoms with Crippen LogP contribution in [-0.2, 0) is 65.5 Å². The third kappa shape index (κ3) is 12.6. The minimum Gasteiger partial charge on any atom is -0.505 e. The van der Waals surface area contributed by atoms with Gasteiger partial charge in [-0.3, -0.25) is 42.2 Å². The van der Waals surface area contributed by atoms with Crippen molar-refractivity contribution in [3.8, 4) is 28.9 Å². The van der Waals surface area contributed by atoms with Crippen LogP contribution in [0.2, 0.25) is 0 Å². The zero-order valence-corrected chi connectivity index (χ0v) is 45.7. The van der Waals surface area contributed by atoms with Crippen LogP contribution in [0.4, 0.5) is 56.9 Å². The molecule has 0 atom stereocenters. The predicted molar refractivity (Wildman–Crippen MR) is 283 cm³/mol. The molecule has 0 aliphatic carbocycles. The molecule has 37 nitrogen and oxygen atoms in total. The van der Waals surface area contributed by atoms with Crippen molar-refractivity contribution in [3.05, 3.63) is 107 Å². The monoisotopic (exact) mass is 1290 g/mol. The summed E-state index contributed by atoms with van der Waals surface area (Å²) >= 11 is 0. The standard InChI is InChI=1S/C42H28N12O25S6/c43-35-29(16-31(82(67,68)69)23-8-10-26(39(57)34(23)35)46-45-25-9-4-20(54(59)60)14-32(25)83(70,71)72)49-47-27-11-7-22-24(40(27)85(76,77)78)15-33(84(73,74)75)36(38(22)56)50-44-18-1-12-30(81(64,65)66)28(13-18)48-51-37-41(79-17-55)52-53(42(37)58)19-2-5-21(6-3-19)80(61,62)63/h1-17,56-58H,43H2,(H,61,62,63)(H,64,65,66)(H,67,68,69)(H,70,71,72)(H,73,74,75)(H,76,77,78). The number of fused-ring (bicyclic) bond motifs is 2. The largest absolute Gasteiger partial charge is 0.505 e. The number of non-ortho nitro benzene ring substituents is 1. The summed E-state index contributed by atoms with van der Waals surface area (Å²) in [5.41, 5.74) is -1.93. The number of carbonyl (C=O) groups is 1. The molecule has 0 spiro atoms. The van der Waals surface area contributed by atoms with Gasteiger partial charge in [-0.15, -0.1) is 40.9 Å². The van der Waals surface area contributed by atoms with Crippen molar-refractivity contribution >= 4 is 146 Å². The molecule has 0 bridgehead atoms. The van der Waals surface area contributed by atoms with E-state index < -0.39 is 197 Å². The van der Waals surface area contributed by atoms with Crippen molar-refractivity contribution < 1.29 is 108 Å². The highest BCUT2D eigenvalue weighted by atomic mass is 32.2. The van der Waals surface area contributed by atoms with E-state index in [0.29, 0.717) is 41.1 Å². The quantitative estimate of drug-likeness (QED) is 0.00994. The Morgan fingerprint density at radius 1 is 0.506 bits per heavy atom. The van der Waals surface area contributed by atoms with E-state index in [9.17, 15) is 108 Å². The SMILES string of the molecule is Nc1c(N=Nc2ccc3c(O)c(N=Nc4ccc(S(=O)(=O)O)c(N=Nc5c(OC=O)nn(-c6ccc(S(=O)(=O)O)cc6)c5O)c4)c(S(=O)(=O)O)cc3c2S(=O)(=O)O)cc(S(=O)(=O)O)c2ccc(N=Nc3ccc([N+](=O)[O-])cc3S(=O)(=O)O)c(O)c12. The number of rotatable bonds is 18. The zero-order chi connectivity index (χ0) is 62.7. The van der Waals surface area contributed by atoms with Crippen molar-refractivity contribution in [1.82, 2.24) is 9.78 Å². The average Bonchev–Trinajstić information content (AvgIpc) is 1.74. The van der Waals surface area contributed by atoms with Crippen molar-refractivity contribution in [2.24, 2.45) is 40.9 Å². The molecule has 0 saturated carbocycles. The molecule has 85 heavy (non-hydrogen) atoms. The van der Waals surface area contributed by atoms with Gasteiger partial charge in [0.05, 0.1) is 32.3 Å². The molecule has 11 N–H and O–H groups in total. The van der Waals surface area contributed by atoms with E-state index in [1.165, 1.54) is 0 Å². The number of hydrogen-bond donors (Lipinski definition) is 10. The number of nitrogens with zero attached hydrogens (tertiary/aromatic N) is 11. The average molecular weight is 1290 g/mol. The van der Waals surface area contributed by atoms with Crippen molar-refractivity contribution in [1.29, 1.82) is 0 Å². The Morgan fingerprint density at radius 3 is 1.65 bits per heavy atom. The summed E-state index contributed by atoms with van der Waals surface area (Å²) in [6, 6.07) is 12.1. The molecule has 0 unspecified atom stereocenters. The van der Waals surface area contributed by atoms with E-state index >= 15 is 0 Å². The summed E-state index contributed by atoms with van der Waals surface area (Å²) in [5, 5.41) is 75.2. The lowest BCUT2D eigenvalue weighted by Crippen LogP contribution is -2.03. The van der Waals surface area contributed by atoms with Gasteiger partial charge in [0.2, 0.25) is 11.6 Å². The van der Waals surface area contributed by atoms with Crippen LogP contribution in [0, 0.1) is 10.1 Å². The summed E-state index contributed by atoms with van der Waals surface area (Å²) in [6.07, 6.45) is 0. The lowest BCUT2D eigenvalue weighted by Gasteiger charge is -2.13. The smallest absolute Gasteiger partial charge is 0.299 e. The first kappa shape index (κ1) is 61.3. The number of azo groups is 4. The molecule has 0 fully saturated rings. The van der Waals surface area contributed by atoms with Gasteiger partial charge in [0.15, 0.2) is 11.5 Å². The van der Waals surface area contributed by atoms with Crippen LogP contribution in [0.5, 0.6) is 23.3 Å². The zero-order valence-electron chi connectivity index (χ0n) is 40.8. The van der Waals surface area contributed by atoms with Gasteiger partial charge in [0.1, 0.15) is 58.6 Å². The van der Waals surface area contributed by atoms with Gasteiger partial charge in [-0.1, -0.05) is 6.07 Å². The molecule has 8 aromatic rings. The maximum Gasteiger partial charge on any atom is 0.299 e. The number of ether oxygens (including phenoxy) is 1. The molecule has 442 valence electrons. The summed E-state index contributed by atoms with van der Waals surface area (Å²) in [7, 11) is -31.8. The van der Waals surface area contributed by atoms with Crippen LogP contribution < -0.4 is 10.5 Å². The number of nitrogen functional groups attached to an aromatic ring is 1. The van der Waals surface area contributed by atoms with Gasteiger partial charge in [-0.2, -0.15) is 60.3 Å². The summed E-state index contributed by atoms with van der Waals surface area (Å²) in [4.78, 5) is 14.9. The van der Waals surface area contributed by atoms with E-state index in [0.717, 1.165) is 60.7 Å². The maximum absolute atomic E-state index is 13.1. The number of phenolic OH excluding ortho intramolecular Hbond substituents is 2. The van der Waals surface area contributed by atoms with Crippen LogP contribution in [0.25, 0.3) is 27.2 Å². The summed E-state index contributed by atoms with van der Waals surface area (Å²) < 4.78 is 215. The fourth-order valence-electron chi connectivity index (χ4n) is 7.60. The fourth-order valence-corrected chi connectivity index (χ4v) is 11.5. The molecule has 0 aliphatic rings. The van der Waals surface area contributed by atoms with Crippen molar-refractivity contribution in [2.45, 2.75) is 29.4 Å². The topological polar surface area (TPSA) is 599 Å². The first-order chi connectivity index (χ1) is 39.4. The lowest BCUT2D eigenvalue weighted by molar-refractivity contribution is -0.385. The molecule has 0 saturated heterocycles. The molecular formula is C42H28N12O25S6. The van der Waals surface area contributed by atoms with Crippen LogP contribution in [0.15, 0.2) is 167 Å². The number of benzene rings is 7. The van der Waals surface area contributed by atoms with Crippen LogP contribution in [0.1, 0.15) is 0 Å². The molecule has 0 amide bonds. The van der Waals surface area contributed by atoms with E-state index in [4.69, 9.17) is 10.5 Å². The maximum atomic E-state index is 13.1. The second-order valence-electron chi connectivity index (χ2n) is 16.6. The van der Waals surface area contributed by atoms with Gasteiger partial charge < -0.3 is 25.8 Å². The van der Waals surface area contributed by atoms with Crippen molar-refractivity contribution in [2.75, 3.05) is 5.73 Å². The molecule has 0 radical (unpaired) electrons. The Bertz CT molecular complexity index is 5080. The third-order valence-corrected chi connectivity index (χ3v) is 16.6.